The van der Waals surface area contributed by atoms with Crippen LogP contribution in [0.25, 0.3) is 0 Å². The number of ether oxygens (including phenoxy) is 1. The van der Waals surface area contributed by atoms with E-state index in [-0.39, 0.29) is 6.54 Å². The summed E-state index contributed by atoms with van der Waals surface area (Å²) in [6.07, 6.45) is 0. The first-order valence-electron chi connectivity index (χ1n) is 4.70. The van der Waals surface area contributed by atoms with Gasteiger partial charge in [-0.1, -0.05) is 0 Å². The highest BCUT2D eigenvalue weighted by Gasteiger charge is 2.18. The lowest BCUT2D eigenvalue weighted by Gasteiger charge is -2.19. The van der Waals surface area contributed by atoms with Crippen LogP contribution in [0.1, 0.15) is 26.5 Å². The van der Waals surface area contributed by atoms with Crippen LogP contribution in [0.3, 0.4) is 0 Å². The van der Waals surface area contributed by atoms with Crippen molar-refractivity contribution in [1.82, 2.24) is 9.78 Å². The zero-order valence-electron chi connectivity index (χ0n) is 9.37. The Morgan fingerprint density at radius 3 is 2.60 bits per heavy atom. The number of aryl methyl sites for hydroxylation is 1. The smallest absolute Gasteiger partial charge is 0.328 e. The Morgan fingerprint density at radius 1 is 1.60 bits per heavy atom. The molecular formula is C10H15FN2O2. The molecular weight excluding hydrogens is 199 g/mol. The van der Waals surface area contributed by atoms with Gasteiger partial charge in [-0.05, 0) is 27.7 Å². The van der Waals surface area contributed by atoms with Gasteiger partial charge in [-0.15, -0.1) is 0 Å². The van der Waals surface area contributed by atoms with Crippen LogP contribution in [0.2, 0.25) is 0 Å². The monoisotopic (exact) mass is 214 g/mol. The lowest BCUT2D eigenvalue weighted by Crippen LogP contribution is -2.27. The zero-order chi connectivity index (χ0) is 11.6. The molecule has 1 rings (SSSR count). The van der Waals surface area contributed by atoms with Crippen LogP contribution in [0, 0.1) is 12.9 Å². The van der Waals surface area contributed by atoms with E-state index in [0.29, 0.717) is 5.69 Å². The summed E-state index contributed by atoms with van der Waals surface area (Å²) >= 11 is 0. The molecule has 0 amide bonds. The molecule has 84 valence electrons. The van der Waals surface area contributed by atoms with Gasteiger partial charge in [-0.2, -0.15) is 9.49 Å². The van der Waals surface area contributed by atoms with Crippen molar-refractivity contribution < 1.29 is 13.9 Å². The van der Waals surface area contributed by atoms with Gasteiger partial charge >= 0.3 is 5.97 Å². The molecule has 0 aliphatic carbocycles. The van der Waals surface area contributed by atoms with Crippen molar-refractivity contribution >= 4 is 5.97 Å². The second-order valence-corrected chi connectivity index (χ2v) is 4.35. The Kier molecular flexibility index (Phi) is 3.12. The van der Waals surface area contributed by atoms with Crippen LogP contribution in [0.5, 0.6) is 0 Å². The number of carbonyl (C=O) groups is 1. The van der Waals surface area contributed by atoms with Gasteiger partial charge in [0.1, 0.15) is 12.1 Å². The first-order chi connectivity index (χ1) is 6.78. The molecule has 0 aliphatic heterocycles. The van der Waals surface area contributed by atoms with Crippen LogP contribution in [0.15, 0.2) is 6.07 Å². The number of esters is 1. The van der Waals surface area contributed by atoms with Crippen molar-refractivity contribution in [2.45, 2.75) is 39.8 Å². The van der Waals surface area contributed by atoms with Gasteiger partial charge in [-0.3, -0.25) is 4.79 Å². The molecule has 0 aromatic carbocycles. The lowest BCUT2D eigenvalue weighted by molar-refractivity contribution is -0.156. The zero-order valence-corrected chi connectivity index (χ0v) is 9.37. The van der Waals surface area contributed by atoms with Crippen molar-refractivity contribution in [2.24, 2.45) is 0 Å². The predicted molar refractivity (Wildman–Crippen MR) is 52.8 cm³/mol. The number of halogens is 1. The number of hydrogen-bond donors (Lipinski definition) is 0. The molecule has 0 fully saturated rings. The highest BCUT2D eigenvalue weighted by Crippen LogP contribution is 2.08. The molecule has 15 heavy (non-hydrogen) atoms. The second-order valence-electron chi connectivity index (χ2n) is 4.35. The molecule has 0 bridgehead atoms. The Labute approximate surface area is 88.0 Å². The van der Waals surface area contributed by atoms with E-state index in [4.69, 9.17) is 4.74 Å². The van der Waals surface area contributed by atoms with E-state index >= 15 is 0 Å². The molecule has 0 radical (unpaired) electrons. The fourth-order valence-electron chi connectivity index (χ4n) is 1.12. The highest BCUT2D eigenvalue weighted by atomic mass is 19.1. The van der Waals surface area contributed by atoms with Gasteiger partial charge in [0.05, 0.1) is 5.69 Å². The van der Waals surface area contributed by atoms with Gasteiger partial charge < -0.3 is 4.74 Å². The Bertz CT molecular complexity index is 366. The van der Waals surface area contributed by atoms with E-state index < -0.39 is 17.5 Å². The molecule has 0 N–H and O–H groups in total. The normalized spacial score (nSPS) is 11.5. The standard InChI is InChI=1S/C10H15FN2O2/c1-7-5-8(11)13(12-7)6-9(14)15-10(2,3)4/h5H,6H2,1-4H3. The maximum Gasteiger partial charge on any atom is 0.328 e. The maximum absolute atomic E-state index is 13.1. The third kappa shape index (κ3) is 3.69. The lowest BCUT2D eigenvalue weighted by atomic mass is 10.2. The minimum atomic E-state index is -0.560. The minimum Gasteiger partial charge on any atom is -0.459 e. The molecule has 1 aromatic heterocycles. The van der Waals surface area contributed by atoms with E-state index in [1.807, 2.05) is 0 Å². The third-order valence-corrected chi connectivity index (χ3v) is 1.55. The van der Waals surface area contributed by atoms with E-state index in [9.17, 15) is 9.18 Å². The largest absolute Gasteiger partial charge is 0.459 e. The molecule has 1 aromatic rings. The summed E-state index contributed by atoms with van der Waals surface area (Å²) in [5.74, 6) is -1.03. The number of rotatable bonds is 2. The predicted octanol–water partition coefficient (Wildman–Crippen LogP) is 1.67. The average molecular weight is 214 g/mol. The van der Waals surface area contributed by atoms with Crippen LogP contribution in [-0.2, 0) is 16.1 Å². The molecule has 4 nitrogen and oxygen atoms in total. The molecule has 1 heterocycles. The Morgan fingerprint density at radius 2 is 2.20 bits per heavy atom. The molecule has 0 aliphatic rings. The van der Waals surface area contributed by atoms with Crippen LogP contribution in [-0.4, -0.2) is 21.4 Å². The fourth-order valence-corrected chi connectivity index (χ4v) is 1.12. The van der Waals surface area contributed by atoms with Crippen molar-refractivity contribution in [3.05, 3.63) is 17.7 Å². The molecule has 0 saturated carbocycles. The number of hydrogen-bond acceptors (Lipinski definition) is 3. The molecule has 0 saturated heterocycles. The van der Waals surface area contributed by atoms with Crippen molar-refractivity contribution in [2.75, 3.05) is 0 Å². The molecule has 5 heteroatoms. The van der Waals surface area contributed by atoms with E-state index in [1.165, 1.54) is 6.07 Å². The van der Waals surface area contributed by atoms with Crippen molar-refractivity contribution in [3.8, 4) is 0 Å². The summed E-state index contributed by atoms with van der Waals surface area (Å²) in [7, 11) is 0. The topological polar surface area (TPSA) is 44.1 Å². The van der Waals surface area contributed by atoms with E-state index in [0.717, 1.165) is 4.68 Å². The van der Waals surface area contributed by atoms with E-state index in [2.05, 4.69) is 5.10 Å². The van der Waals surface area contributed by atoms with Crippen molar-refractivity contribution in [1.29, 1.82) is 0 Å². The van der Waals surface area contributed by atoms with Crippen molar-refractivity contribution in [3.63, 3.8) is 0 Å². The number of aromatic nitrogens is 2. The first-order valence-corrected chi connectivity index (χ1v) is 4.70. The molecule has 0 spiro atoms. The van der Waals surface area contributed by atoms with Crippen LogP contribution >= 0.6 is 0 Å². The van der Waals surface area contributed by atoms with E-state index in [1.54, 1.807) is 27.7 Å². The number of nitrogens with zero attached hydrogens (tertiary/aromatic N) is 2. The van der Waals surface area contributed by atoms with Gasteiger partial charge in [-0.25, -0.2) is 4.68 Å². The summed E-state index contributed by atoms with van der Waals surface area (Å²) in [6, 6.07) is 1.27. The van der Waals surface area contributed by atoms with Gasteiger partial charge in [0.15, 0.2) is 0 Å². The molecule has 0 unspecified atom stereocenters. The summed E-state index contributed by atoms with van der Waals surface area (Å²) in [5.41, 5.74) is -0.0217. The summed E-state index contributed by atoms with van der Waals surface area (Å²) in [5, 5.41) is 3.82. The van der Waals surface area contributed by atoms with Gasteiger partial charge in [0, 0.05) is 6.07 Å². The quantitative estimate of drug-likeness (QED) is 0.703. The minimum absolute atomic E-state index is 0.197. The third-order valence-electron chi connectivity index (χ3n) is 1.55. The van der Waals surface area contributed by atoms with Crippen LogP contribution < -0.4 is 0 Å². The summed E-state index contributed by atoms with van der Waals surface area (Å²) in [6.45, 7) is 6.74. The SMILES string of the molecule is Cc1cc(F)n(CC(=O)OC(C)(C)C)n1. The highest BCUT2D eigenvalue weighted by molar-refractivity contribution is 5.69. The Balaban J connectivity index is 2.63. The second kappa shape index (κ2) is 4.00. The molecule has 0 atom stereocenters. The average Bonchev–Trinajstić information content (AvgIpc) is 2.25. The van der Waals surface area contributed by atoms with Crippen LogP contribution in [0.4, 0.5) is 4.39 Å². The summed E-state index contributed by atoms with van der Waals surface area (Å²) < 4.78 is 19.1. The fraction of sp³-hybridized carbons (Fsp3) is 0.600. The maximum atomic E-state index is 13.1. The first kappa shape index (κ1) is 11.7. The summed E-state index contributed by atoms with van der Waals surface area (Å²) in [4.78, 5) is 11.3. The van der Waals surface area contributed by atoms with Gasteiger partial charge in [0.25, 0.3) is 0 Å². The number of carbonyl (C=O) groups excluding carboxylic acids is 1. The Hall–Kier alpha value is -1.39. The van der Waals surface area contributed by atoms with Gasteiger partial charge in [0.2, 0.25) is 5.95 Å².